The monoisotopic (exact) mass is 239 g/mol. The van der Waals surface area contributed by atoms with Crippen LogP contribution >= 0.6 is 15.9 Å². The van der Waals surface area contributed by atoms with Crippen molar-refractivity contribution in [1.82, 2.24) is 4.98 Å². The minimum atomic E-state index is -4.20. The number of halogens is 4. The third-order valence-corrected chi connectivity index (χ3v) is 1.92. The fourth-order valence-corrected chi connectivity index (χ4v) is 1.13. The summed E-state index contributed by atoms with van der Waals surface area (Å²) in [5.74, 6) is 0. The molecule has 0 radical (unpaired) electrons. The van der Waals surface area contributed by atoms with E-state index >= 15 is 0 Å². The summed E-state index contributed by atoms with van der Waals surface area (Å²) in [7, 11) is 0. The van der Waals surface area contributed by atoms with Crippen molar-refractivity contribution in [3.05, 3.63) is 28.5 Å². The Balaban J connectivity index is 2.83. The topological polar surface area (TPSA) is 12.9 Å². The molecule has 1 rings (SSSR count). The van der Waals surface area contributed by atoms with Crippen LogP contribution in [-0.2, 0) is 6.42 Å². The lowest BCUT2D eigenvalue weighted by molar-refractivity contribution is -0.127. The van der Waals surface area contributed by atoms with E-state index in [9.17, 15) is 13.2 Å². The fourth-order valence-electron chi connectivity index (χ4n) is 0.738. The summed E-state index contributed by atoms with van der Waals surface area (Å²) in [6.45, 7) is 0. The van der Waals surface area contributed by atoms with E-state index in [1.807, 2.05) is 0 Å². The highest BCUT2D eigenvalue weighted by Crippen LogP contribution is 2.24. The van der Waals surface area contributed by atoms with Crippen LogP contribution in [0.5, 0.6) is 0 Å². The highest BCUT2D eigenvalue weighted by atomic mass is 79.9. The van der Waals surface area contributed by atoms with E-state index in [0.717, 1.165) is 0 Å². The van der Waals surface area contributed by atoms with Gasteiger partial charge >= 0.3 is 6.18 Å². The van der Waals surface area contributed by atoms with Gasteiger partial charge < -0.3 is 0 Å². The standard InChI is InChI=1S/C7H5BrF3N/c8-5-2-1-3-12-6(5)4-7(9,10)11/h1-3H,4H2. The number of pyridine rings is 1. The maximum Gasteiger partial charge on any atom is 0.394 e. The van der Waals surface area contributed by atoms with Gasteiger partial charge in [0, 0.05) is 10.7 Å². The molecule has 0 saturated carbocycles. The average Bonchev–Trinajstić information content (AvgIpc) is 1.91. The second-order valence-electron chi connectivity index (χ2n) is 2.22. The van der Waals surface area contributed by atoms with Crippen LogP contribution in [0.25, 0.3) is 0 Å². The molecule has 5 heteroatoms. The van der Waals surface area contributed by atoms with Crippen LogP contribution in [-0.4, -0.2) is 11.2 Å². The van der Waals surface area contributed by atoms with Crippen LogP contribution in [0.4, 0.5) is 13.2 Å². The zero-order chi connectivity index (χ0) is 9.19. The first-order chi connectivity index (χ1) is 5.49. The van der Waals surface area contributed by atoms with Crippen molar-refractivity contribution < 1.29 is 13.2 Å². The van der Waals surface area contributed by atoms with Crippen LogP contribution in [0.2, 0.25) is 0 Å². The molecule has 0 aliphatic carbocycles. The molecule has 0 N–H and O–H groups in total. The Bertz CT molecular complexity index is 272. The summed E-state index contributed by atoms with van der Waals surface area (Å²) in [5.41, 5.74) is 0.0185. The molecule has 1 aromatic rings. The second-order valence-corrected chi connectivity index (χ2v) is 3.08. The van der Waals surface area contributed by atoms with E-state index in [-0.39, 0.29) is 5.69 Å². The van der Waals surface area contributed by atoms with Gasteiger partial charge in [0.15, 0.2) is 0 Å². The van der Waals surface area contributed by atoms with Gasteiger partial charge in [0.1, 0.15) is 0 Å². The molecule has 0 aliphatic heterocycles. The van der Waals surface area contributed by atoms with Crippen molar-refractivity contribution >= 4 is 15.9 Å². The van der Waals surface area contributed by atoms with Crippen LogP contribution in [0, 0.1) is 0 Å². The van der Waals surface area contributed by atoms with Gasteiger partial charge in [0.2, 0.25) is 0 Å². The van der Waals surface area contributed by atoms with Crippen LogP contribution in [0.15, 0.2) is 22.8 Å². The molecule has 0 fully saturated rings. The number of aromatic nitrogens is 1. The van der Waals surface area contributed by atoms with E-state index in [1.54, 1.807) is 6.07 Å². The quantitative estimate of drug-likeness (QED) is 0.735. The molecule has 0 spiro atoms. The molecule has 0 atom stereocenters. The Kier molecular flexibility index (Phi) is 2.72. The van der Waals surface area contributed by atoms with Gasteiger partial charge in [-0.25, -0.2) is 0 Å². The Labute approximate surface area is 75.7 Å². The van der Waals surface area contributed by atoms with Gasteiger partial charge in [0.25, 0.3) is 0 Å². The lowest BCUT2D eigenvalue weighted by Gasteiger charge is -2.06. The van der Waals surface area contributed by atoms with Crippen molar-refractivity contribution in [3.63, 3.8) is 0 Å². The molecule has 1 aromatic heterocycles. The minimum Gasteiger partial charge on any atom is -0.260 e. The lowest BCUT2D eigenvalue weighted by atomic mass is 10.3. The van der Waals surface area contributed by atoms with Gasteiger partial charge in [-0.3, -0.25) is 4.98 Å². The number of nitrogens with zero attached hydrogens (tertiary/aromatic N) is 1. The van der Waals surface area contributed by atoms with E-state index < -0.39 is 12.6 Å². The largest absolute Gasteiger partial charge is 0.394 e. The SMILES string of the molecule is FC(F)(F)Cc1ncccc1Br. The molecule has 0 aromatic carbocycles. The summed E-state index contributed by atoms with van der Waals surface area (Å²) < 4.78 is 36.0. The first-order valence-corrected chi connectivity index (χ1v) is 3.94. The lowest BCUT2D eigenvalue weighted by Crippen LogP contribution is -2.12. The highest BCUT2D eigenvalue weighted by Gasteiger charge is 2.29. The number of hydrogen-bond acceptors (Lipinski definition) is 1. The van der Waals surface area contributed by atoms with Crippen molar-refractivity contribution in [1.29, 1.82) is 0 Å². The van der Waals surface area contributed by atoms with E-state index in [1.165, 1.54) is 12.3 Å². The van der Waals surface area contributed by atoms with Crippen LogP contribution < -0.4 is 0 Å². The molecule has 0 amide bonds. The van der Waals surface area contributed by atoms with Gasteiger partial charge in [0.05, 0.1) is 12.1 Å². The number of alkyl halides is 3. The van der Waals surface area contributed by atoms with Gasteiger partial charge in [-0.05, 0) is 28.1 Å². The molecule has 12 heavy (non-hydrogen) atoms. The molecule has 1 nitrogen and oxygen atoms in total. The van der Waals surface area contributed by atoms with Gasteiger partial charge in [-0.2, -0.15) is 13.2 Å². The van der Waals surface area contributed by atoms with Crippen molar-refractivity contribution in [2.75, 3.05) is 0 Å². The summed E-state index contributed by atoms with van der Waals surface area (Å²) >= 11 is 2.99. The summed E-state index contributed by atoms with van der Waals surface area (Å²) in [6, 6.07) is 3.11. The third kappa shape index (κ3) is 2.81. The molecular weight excluding hydrogens is 235 g/mol. The van der Waals surface area contributed by atoms with E-state index in [0.29, 0.717) is 4.47 Å². The predicted octanol–water partition coefficient (Wildman–Crippen LogP) is 2.95. The fraction of sp³-hybridized carbons (Fsp3) is 0.286. The molecule has 0 aliphatic rings. The maximum absolute atomic E-state index is 11.9. The minimum absolute atomic E-state index is 0.0185. The van der Waals surface area contributed by atoms with E-state index in [4.69, 9.17) is 0 Å². The highest BCUT2D eigenvalue weighted by molar-refractivity contribution is 9.10. The smallest absolute Gasteiger partial charge is 0.260 e. The second kappa shape index (κ2) is 3.43. The van der Waals surface area contributed by atoms with Gasteiger partial charge in [-0.15, -0.1) is 0 Å². The zero-order valence-corrected chi connectivity index (χ0v) is 7.48. The molecule has 66 valence electrons. The Morgan fingerprint density at radius 1 is 1.42 bits per heavy atom. The normalized spacial score (nSPS) is 11.7. The molecule has 0 saturated heterocycles. The average molecular weight is 240 g/mol. The molecule has 0 unspecified atom stereocenters. The summed E-state index contributed by atoms with van der Waals surface area (Å²) in [6.07, 6.45) is -3.85. The van der Waals surface area contributed by atoms with Gasteiger partial charge in [-0.1, -0.05) is 0 Å². The Hall–Kier alpha value is -0.580. The molecule has 0 bridgehead atoms. The number of rotatable bonds is 1. The van der Waals surface area contributed by atoms with Crippen molar-refractivity contribution in [3.8, 4) is 0 Å². The first kappa shape index (κ1) is 9.51. The molecular formula is C7H5BrF3N. The van der Waals surface area contributed by atoms with Crippen molar-refractivity contribution in [2.24, 2.45) is 0 Å². The van der Waals surface area contributed by atoms with Crippen molar-refractivity contribution in [2.45, 2.75) is 12.6 Å². The predicted molar refractivity (Wildman–Crippen MR) is 41.7 cm³/mol. The van der Waals surface area contributed by atoms with E-state index in [2.05, 4.69) is 20.9 Å². The summed E-state index contributed by atoms with van der Waals surface area (Å²) in [5, 5.41) is 0. The van der Waals surface area contributed by atoms with Crippen LogP contribution in [0.3, 0.4) is 0 Å². The molecule has 1 heterocycles. The first-order valence-electron chi connectivity index (χ1n) is 3.15. The zero-order valence-electron chi connectivity index (χ0n) is 5.90. The Morgan fingerprint density at radius 3 is 2.58 bits per heavy atom. The Morgan fingerprint density at radius 2 is 2.08 bits per heavy atom. The summed E-state index contributed by atoms with van der Waals surface area (Å²) in [4.78, 5) is 3.60. The third-order valence-electron chi connectivity index (χ3n) is 1.20. The maximum atomic E-state index is 11.9. The van der Waals surface area contributed by atoms with Crippen LogP contribution in [0.1, 0.15) is 5.69 Å². The number of hydrogen-bond donors (Lipinski definition) is 0.